The molecule has 0 heterocycles. The molecule has 0 saturated heterocycles. The van der Waals surface area contributed by atoms with Gasteiger partial charge in [0.15, 0.2) is 0 Å². The lowest BCUT2D eigenvalue weighted by atomic mass is 9.80. The molecule has 0 radical (unpaired) electrons. The molecule has 5 nitrogen and oxygen atoms in total. The van der Waals surface area contributed by atoms with Gasteiger partial charge in [0.05, 0.1) is 39.1 Å². The van der Waals surface area contributed by atoms with E-state index in [1.165, 1.54) is 6.38 Å². The van der Waals surface area contributed by atoms with Crippen molar-refractivity contribution >= 4 is 11.6 Å². The maximum atomic E-state index is 9.83. The number of aliphatic hydroxyl groups excluding tert-OH is 1. The fraction of sp³-hybridized carbons (Fsp3) is 0.208. The Morgan fingerprint density at radius 1 is 0.441 bits per heavy atom. The first kappa shape index (κ1) is 44.6. The third kappa shape index (κ3) is 11.6. The van der Waals surface area contributed by atoms with Gasteiger partial charge in [0, 0.05) is 6.38 Å². The minimum atomic E-state index is -0.749. The van der Waals surface area contributed by atoms with Crippen LogP contribution < -0.4 is 4.74 Å². The van der Waals surface area contributed by atoms with Crippen LogP contribution in [0.2, 0.25) is 0 Å². The Kier molecular flexibility index (Phi) is 17.5. The Morgan fingerprint density at radius 3 is 1.00 bits per heavy atom. The summed E-state index contributed by atoms with van der Waals surface area (Å²) in [4.78, 5) is 0. The Hall–Kier alpha value is -5.53. The van der Waals surface area contributed by atoms with Crippen molar-refractivity contribution in [1.82, 2.24) is 0 Å². The molecule has 2 atom stereocenters. The van der Waals surface area contributed by atoms with E-state index in [9.17, 15) is 5.11 Å². The van der Waals surface area contributed by atoms with Crippen molar-refractivity contribution in [2.24, 2.45) is 0 Å². The lowest BCUT2D eigenvalue weighted by Gasteiger charge is -2.36. The van der Waals surface area contributed by atoms with Crippen LogP contribution in [0.5, 0.6) is 5.75 Å². The molecule has 1 N–H and O–H groups in total. The van der Waals surface area contributed by atoms with Crippen LogP contribution in [-0.4, -0.2) is 44.0 Å². The first-order valence-electron chi connectivity index (χ1n) is 19.9. The van der Waals surface area contributed by atoms with Crippen molar-refractivity contribution in [3.63, 3.8) is 0 Å². The highest BCUT2D eigenvalue weighted by molar-refractivity contribution is 6.15. The monoisotopic (exact) mass is 806 g/mol. The minimum Gasteiger partial charge on any atom is -0.497 e. The van der Waals surface area contributed by atoms with Crippen molar-refractivity contribution < 1.29 is 24.1 Å². The topological polar surface area (TPSA) is 57.2 Å². The SMILES string of the molecule is CC(O)COC(c1ccccc1)(c1ccccc1)c1ccccc1.CCl.COc1ccc(COC(C)COC(c2ccccc2)(c2ccccc2)c2ccccc2)cc1. The highest BCUT2D eigenvalue weighted by Crippen LogP contribution is 2.42. The summed E-state index contributed by atoms with van der Waals surface area (Å²) in [5.41, 5.74) is 6.01. The van der Waals surface area contributed by atoms with E-state index >= 15 is 0 Å². The second-order valence-electron chi connectivity index (χ2n) is 14.0. The van der Waals surface area contributed by atoms with E-state index in [1.54, 1.807) is 14.0 Å². The predicted molar refractivity (Wildman–Crippen MR) is 241 cm³/mol. The first-order valence-corrected chi connectivity index (χ1v) is 20.6. The van der Waals surface area contributed by atoms with Crippen molar-refractivity contribution in [2.75, 3.05) is 26.7 Å². The second kappa shape index (κ2) is 23.2. The van der Waals surface area contributed by atoms with Crippen LogP contribution in [0.1, 0.15) is 52.8 Å². The number of benzene rings is 7. The number of alkyl halides is 1. The zero-order valence-corrected chi connectivity index (χ0v) is 35.1. The van der Waals surface area contributed by atoms with Gasteiger partial charge >= 0.3 is 0 Å². The van der Waals surface area contributed by atoms with Gasteiger partial charge in [0.2, 0.25) is 0 Å². The fourth-order valence-corrected chi connectivity index (χ4v) is 7.03. The molecule has 0 bridgehead atoms. The van der Waals surface area contributed by atoms with Crippen molar-refractivity contribution in [1.29, 1.82) is 0 Å². The van der Waals surface area contributed by atoms with E-state index < -0.39 is 17.3 Å². The number of ether oxygens (including phenoxy) is 4. The maximum absolute atomic E-state index is 9.83. The van der Waals surface area contributed by atoms with E-state index in [0.717, 1.165) is 44.7 Å². The molecular weight excluding hydrogens is 752 g/mol. The smallest absolute Gasteiger partial charge is 0.143 e. The van der Waals surface area contributed by atoms with Gasteiger partial charge < -0.3 is 24.1 Å². The number of halogens is 1. The normalized spacial score (nSPS) is 12.2. The average molecular weight is 807 g/mol. The molecule has 0 spiro atoms. The number of aliphatic hydroxyl groups is 1. The molecule has 0 aliphatic heterocycles. The molecule has 7 rings (SSSR count). The van der Waals surface area contributed by atoms with Gasteiger partial charge in [0.25, 0.3) is 0 Å². The summed E-state index contributed by atoms with van der Waals surface area (Å²) < 4.78 is 24.6. The third-order valence-corrected chi connectivity index (χ3v) is 9.85. The van der Waals surface area contributed by atoms with Crippen LogP contribution >= 0.6 is 11.6 Å². The van der Waals surface area contributed by atoms with Crippen LogP contribution in [0.4, 0.5) is 0 Å². The van der Waals surface area contributed by atoms with E-state index in [-0.39, 0.29) is 12.7 Å². The molecule has 0 aliphatic rings. The predicted octanol–water partition coefficient (Wildman–Crippen LogP) is 11.8. The fourth-order valence-electron chi connectivity index (χ4n) is 7.03. The summed E-state index contributed by atoms with van der Waals surface area (Å²) >= 11 is 4.64. The number of hydrogen-bond acceptors (Lipinski definition) is 5. The molecule has 0 fully saturated rings. The summed E-state index contributed by atoms with van der Waals surface area (Å²) in [7, 11) is 1.67. The highest BCUT2D eigenvalue weighted by atomic mass is 35.5. The Morgan fingerprint density at radius 2 is 0.729 bits per heavy atom. The second-order valence-corrected chi connectivity index (χ2v) is 14.0. The van der Waals surface area contributed by atoms with E-state index in [2.05, 4.69) is 128 Å². The molecule has 7 aromatic rings. The van der Waals surface area contributed by atoms with E-state index in [0.29, 0.717) is 13.2 Å². The minimum absolute atomic E-state index is 0.0948. The molecule has 0 aromatic heterocycles. The molecule has 0 aliphatic carbocycles. The number of methoxy groups -OCH3 is 1. The standard InChI is InChI=1S/C30H30O3.C22H22O2.CH3Cl/c1-24(32-23-25-18-20-29(31-2)21-19-25)22-33-30(26-12-6-3-7-13-26,27-14-8-4-9-15-27)28-16-10-5-11-17-28;1-18(23)17-24-22(19-11-5-2-6-12-19,20-13-7-3-8-14-20)21-15-9-4-10-16-21;1-2/h3-21,24H,22-23H2,1-2H3;2-16,18,23H,17H2,1H3;1H3. The highest BCUT2D eigenvalue weighted by Gasteiger charge is 2.39. The van der Waals surface area contributed by atoms with Gasteiger partial charge in [-0.05, 0) is 64.9 Å². The van der Waals surface area contributed by atoms with Crippen LogP contribution in [-0.2, 0) is 32.0 Å². The summed E-state index contributed by atoms with van der Waals surface area (Å²) in [6, 6.07) is 69.7. The molecule has 0 saturated carbocycles. The van der Waals surface area contributed by atoms with Crippen molar-refractivity contribution in [3.05, 3.63) is 245 Å². The lowest BCUT2D eigenvalue weighted by molar-refractivity contribution is -0.0630. The van der Waals surface area contributed by atoms with E-state index in [1.807, 2.05) is 97.1 Å². The Bertz CT molecular complexity index is 1960. The van der Waals surface area contributed by atoms with Crippen LogP contribution in [0.15, 0.2) is 206 Å². The zero-order valence-electron chi connectivity index (χ0n) is 34.4. The third-order valence-electron chi connectivity index (χ3n) is 9.85. The summed E-state index contributed by atoms with van der Waals surface area (Å²) in [6.07, 6.45) is 0.836. The Balaban J connectivity index is 0.000000225. The lowest BCUT2D eigenvalue weighted by Crippen LogP contribution is -2.35. The van der Waals surface area contributed by atoms with Gasteiger partial charge in [-0.1, -0.05) is 194 Å². The molecule has 304 valence electrons. The van der Waals surface area contributed by atoms with Gasteiger partial charge in [-0.15, -0.1) is 11.6 Å². The van der Waals surface area contributed by atoms with Crippen LogP contribution in [0.25, 0.3) is 0 Å². The Labute approximate surface area is 355 Å². The molecule has 6 heteroatoms. The van der Waals surface area contributed by atoms with Gasteiger partial charge in [-0.3, -0.25) is 0 Å². The summed E-state index contributed by atoms with van der Waals surface area (Å²) in [5, 5.41) is 9.83. The number of hydrogen-bond donors (Lipinski definition) is 1. The molecular formula is C53H55ClO5. The average Bonchev–Trinajstić information content (AvgIpc) is 3.32. The summed E-state index contributed by atoms with van der Waals surface area (Å²) in [5.74, 6) is 0.841. The molecule has 0 amide bonds. The van der Waals surface area contributed by atoms with Crippen LogP contribution in [0, 0.1) is 0 Å². The largest absolute Gasteiger partial charge is 0.497 e. The van der Waals surface area contributed by atoms with Gasteiger partial charge in [-0.25, -0.2) is 0 Å². The number of rotatable bonds is 16. The molecule has 2 unspecified atom stereocenters. The molecule has 59 heavy (non-hydrogen) atoms. The van der Waals surface area contributed by atoms with Gasteiger partial charge in [0.1, 0.15) is 17.0 Å². The zero-order chi connectivity index (χ0) is 41.8. The first-order chi connectivity index (χ1) is 29.0. The van der Waals surface area contributed by atoms with Gasteiger partial charge in [-0.2, -0.15) is 0 Å². The van der Waals surface area contributed by atoms with Crippen molar-refractivity contribution in [3.8, 4) is 5.75 Å². The molecule has 7 aromatic carbocycles. The van der Waals surface area contributed by atoms with Crippen LogP contribution in [0.3, 0.4) is 0 Å². The maximum Gasteiger partial charge on any atom is 0.143 e. The van der Waals surface area contributed by atoms with E-state index in [4.69, 9.17) is 18.9 Å². The summed E-state index contributed by atoms with van der Waals surface area (Å²) in [6.45, 7) is 5.00. The quantitative estimate of drug-likeness (QED) is 0.0778. The van der Waals surface area contributed by atoms with Crippen molar-refractivity contribution in [2.45, 2.75) is 43.9 Å².